The van der Waals surface area contributed by atoms with Gasteiger partial charge in [-0.15, -0.1) is 0 Å². The molecule has 4 heterocycles. The van der Waals surface area contributed by atoms with E-state index in [1.807, 2.05) is 30.6 Å². The molecule has 0 bridgehead atoms. The van der Waals surface area contributed by atoms with Gasteiger partial charge >= 0.3 is 0 Å². The molecule has 9 nitrogen and oxygen atoms in total. The lowest BCUT2D eigenvalue weighted by molar-refractivity contribution is 0.00816. The molecule has 3 aromatic rings. The number of rotatable bonds is 6. The predicted molar refractivity (Wildman–Crippen MR) is 119 cm³/mol. The van der Waals surface area contributed by atoms with Crippen molar-refractivity contribution in [3.8, 4) is 11.8 Å². The van der Waals surface area contributed by atoms with E-state index in [1.165, 1.54) is 10.6 Å². The summed E-state index contributed by atoms with van der Waals surface area (Å²) in [6.45, 7) is 1.51. The van der Waals surface area contributed by atoms with Crippen molar-refractivity contribution in [2.24, 2.45) is 0 Å². The number of nitrogens with one attached hydrogen (secondary N) is 2. The van der Waals surface area contributed by atoms with Crippen molar-refractivity contribution in [2.75, 3.05) is 23.8 Å². The van der Waals surface area contributed by atoms with Gasteiger partial charge in [-0.3, -0.25) is 9.36 Å². The average molecular weight is 429 g/mol. The zero-order chi connectivity index (χ0) is 21.9. The summed E-state index contributed by atoms with van der Waals surface area (Å²) in [6.07, 6.45) is 10.0. The van der Waals surface area contributed by atoms with E-state index < -0.39 is 0 Å². The normalized spacial score (nSPS) is 20.3. The number of nitriles is 1. The molecule has 1 aliphatic heterocycles. The quantitative estimate of drug-likeness (QED) is 0.614. The third kappa shape index (κ3) is 4.18. The standard InChI is InChI=1S/C23H23N7O2/c24-9-15-2-1-7-30(22(15)31)20-5-6-21(25-12-20)28-18-3-4-19(8-18)29-23-26-10-16(11-27-23)17-13-32-14-17/h1-2,5-7,10-12,17-19H,3-4,8,13-14H2,(H,25,28)(H,26,27,29)/t18-,19-/m0/s1. The van der Waals surface area contributed by atoms with E-state index in [2.05, 4.69) is 25.6 Å². The van der Waals surface area contributed by atoms with E-state index in [4.69, 9.17) is 10.00 Å². The van der Waals surface area contributed by atoms with Crippen molar-refractivity contribution in [3.05, 3.63) is 70.5 Å². The van der Waals surface area contributed by atoms with E-state index in [0.29, 0.717) is 29.6 Å². The molecule has 32 heavy (non-hydrogen) atoms. The molecule has 2 N–H and O–H groups in total. The predicted octanol–water partition coefficient (Wildman–Crippen LogP) is 2.45. The number of nitrogens with zero attached hydrogens (tertiary/aromatic N) is 5. The molecule has 0 aromatic carbocycles. The summed E-state index contributed by atoms with van der Waals surface area (Å²) in [5.41, 5.74) is 1.51. The highest BCUT2D eigenvalue weighted by molar-refractivity contribution is 5.43. The summed E-state index contributed by atoms with van der Waals surface area (Å²) in [7, 11) is 0. The van der Waals surface area contributed by atoms with Gasteiger partial charge in [0.05, 0.1) is 25.1 Å². The fourth-order valence-corrected chi connectivity index (χ4v) is 4.08. The molecular formula is C23H23N7O2. The Morgan fingerprint density at radius 2 is 1.81 bits per heavy atom. The van der Waals surface area contributed by atoms with Crippen LogP contribution in [0, 0.1) is 11.3 Å². The fourth-order valence-electron chi connectivity index (χ4n) is 4.08. The van der Waals surface area contributed by atoms with Crippen molar-refractivity contribution >= 4 is 11.8 Å². The number of ether oxygens (including phenoxy) is 1. The highest BCUT2D eigenvalue weighted by Gasteiger charge is 2.26. The Kier molecular flexibility index (Phi) is 5.52. The summed E-state index contributed by atoms with van der Waals surface area (Å²) in [5.74, 6) is 1.84. The number of aromatic nitrogens is 4. The zero-order valence-electron chi connectivity index (χ0n) is 17.4. The molecule has 1 saturated carbocycles. The molecule has 0 amide bonds. The van der Waals surface area contributed by atoms with Crippen LogP contribution in [0.15, 0.2) is 53.8 Å². The van der Waals surface area contributed by atoms with Crippen LogP contribution < -0.4 is 16.2 Å². The van der Waals surface area contributed by atoms with Gasteiger partial charge in [-0.05, 0) is 49.1 Å². The van der Waals surface area contributed by atoms with Crippen LogP contribution in [0.2, 0.25) is 0 Å². The van der Waals surface area contributed by atoms with Gasteiger partial charge in [-0.1, -0.05) is 0 Å². The first-order chi connectivity index (χ1) is 15.7. The number of pyridine rings is 2. The number of hydrogen-bond acceptors (Lipinski definition) is 8. The third-order valence-electron chi connectivity index (χ3n) is 5.99. The molecular weight excluding hydrogens is 406 g/mol. The minimum absolute atomic E-state index is 0.106. The SMILES string of the molecule is N#Cc1cccn(-c2ccc(N[C@H]3CC[C@H](Nc4ncc(C5COC5)cn4)C3)nc2)c1=O. The molecule has 1 aliphatic carbocycles. The summed E-state index contributed by atoms with van der Waals surface area (Å²) in [6, 6.07) is 9.38. The Morgan fingerprint density at radius 3 is 2.47 bits per heavy atom. The maximum Gasteiger partial charge on any atom is 0.273 e. The molecule has 2 aliphatic rings. The minimum Gasteiger partial charge on any atom is -0.380 e. The van der Waals surface area contributed by atoms with Crippen LogP contribution in [-0.4, -0.2) is 44.8 Å². The highest BCUT2D eigenvalue weighted by atomic mass is 16.5. The summed E-state index contributed by atoms with van der Waals surface area (Å²) in [4.78, 5) is 25.7. The maximum atomic E-state index is 12.3. The number of hydrogen-bond donors (Lipinski definition) is 2. The van der Waals surface area contributed by atoms with Crippen molar-refractivity contribution in [1.29, 1.82) is 5.26 Å². The monoisotopic (exact) mass is 429 g/mol. The minimum atomic E-state index is -0.349. The van der Waals surface area contributed by atoms with Gasteiger partial charge in [-0.2, -0.15) is 5.26 Å². The Labute approximate surface area is 185 Å². The maximum absolute atomic E-state index is 12.3. The largest absolute Gasteiger partial charge is 0.380 e. The van der Waals surface area contributed by atoms with Crippen LogP contribution >= 0.6 is 0 Å². The first-order valence-corrected chi connectivity index (χ1v) is 10.7. The van der Waals surface area contributed by atoms with Crippen LogP contribution in [0.1, 0.15) is 36.3 Å². The molecule has 3 aromatic heterocycles. The molecule has 9 heteroatoms. The van der Waals surface area contributed by atoms with E-state index >= 15 is 0 Å². The highest BCUT2D eigenvalue weighted by Crippen LogP contribution is 2.26. The summed E-state index contributed by atoms with van der Waals surface area (Å²) in [5, 5.41) is 15.9. The van der Waals surface area contributed by atoms with Gasteiger partial charge in [0.1, 0.15) is 17.5 Å². The van der Waals surface area contributed by atoms with Crippen LogP contribution in [-0.2, 0) is 4.74 Å². The van der Waals surface area contributed by atoms with Gasteiger partial charge in [0.2, 0.25) is 5.95 Å². The second kappa shape index (κ2) is 8.77. The Hall–Kier alpha value is -3.77. The third-order valence-corrected chi connectivity index (χ3v) is 5.99. The van der Waals surface area contributed by atoms with E-state index in [1.54, 1.807) is 18.5 Å². The molecule has 0 spiro atoms. The second-order valence-electron chi connectivity index (χ2n) is 8.18. The molecule has 2 atom stereocenters. The van der Waals surface area contributed by atoms with Crippen LogP contribution in [0.25, 0.3) is 5.69 Å². The van der Waals surface area contributed by atoms with Crippen molar-refractivity contribution in [3.63, 3.8) is 0 Å². The van der Waals surface area contributed by atoms with Gasteiger partial charge in [0.25, 0.3) is 5.56 Å². The number of anilines is 2. The Bertz CT molecular complexity index is 1180. The van der Waals surface area contributed by atoms with Gasteiger partial charge in [0.15, 0.2) is 0 Å². The first kappa shape index (κ1) is 20.2. The first-order valence-electron chi connectivity index (χ1n) is 10.7. The second-order valence-corrected chi connectivity index (χ2v) is 8.18. The Balaban J connectivity index is 1.17. The van der Waals surface area contributed by atoms with Crippen molar-refractivity contribution in [2.45, 2.75) is 37.3 Å². The molecule has 162 valence electrons. The zero-order valence-corrected chi connectivity index (χ0v) is 17.4. The smallest absolute Gasteiger partial charge is 0.273 e. The van der Waals surface area contributed by atoms with E-state index in [0.717, 1.165) is 43.9 Å². The summed E-state index contributed by atoms with van der Waals surface area (Å²) >= 11 is 0. The summed E-state index contributed by atoms with van der Waals surface area (Å²) < 4.78 is 6.65. The fraction of sp³-hybridized carbons (Fsp3) is 0.348. The van der Waals surface area contributed by atoms with E-state index in [9.17, 15) is 4.79 Å². The Morgan fingerprint density at radius 1 is 1.03 bits per heavy atom. The van der Waals surface area contributed by atoms with Gasteiger partial charge in [0, 0.05) is 36.6 Å². The topological polar surface area (TPSA) is 118 Å². The van der Waals surface area contributed by atoms with Crippen LogP contribution in [0.4, 0.5) is 11.8 Å². The van der Waals surface area contributed by atoms with Crippen LogP contribution in [0.3, 0.4) is 0 Å². The molecule has 1 saturated heterocycles. The lowest BCUT2D eigenvalue weighted by Gasteiger charge is -2.25. The lowest BCUT2D eigenvalue weighted by Crippen LogP contribution is -2.26. The van der Waals surface area contributed by atoms with Crippen molar-refractivity contribution < 1.29 is 4.74 Å². The van der Waals surface area contributed by atoms with Gasteiger partial charge in [-0.25, -0.2) is 15.0 Å². The molecule has 0 unspecified atom stereocenters. The van der Waals surface area contributed by atoms with Gasteiger partial charge < -0.3 is 15.4 Å². The average Bonchev–Trinajstić information content (AvgIpc) is 3.21. The molecule has 5 rings (SSSR count). The van der Waals surface area contributed by atoms with E-state index in [-0.39, 0.29) is 11.1 Å². The lowest BCUT2D eigenvalue weighted by atomic mass is 10.0. The van der Waals surface area contributed by atoms with Crippen molar-refractivity contribution in [1.82, 2.24) is 19.5 Å². The molecule has 0 radical (unpaired) electrons. The molecule has 2 fully saturated rings. The van der Waals surface area contributed by atoms with Crippen LogP contribution in [0.5, 0.6) is 0 Å².